The monoisotopic (exact) mass is 317 g/mol. The van der Waals surface area contributed by atoms with Crippen LogP contribution in [0.2, 0.25) is 0 Å². The van der Waals surface area contributed by atoms with Crippen molar-refractivity contribution in [1.82, 2.24) is 4.90 Å². The molecule has 1 aromatic rings. The van der Waals surface area contributed by atoms with Crippen molar-refractivity contribution in [2.75, 3.05) is 6.54 Å². The smallest absolute Gasteiger partial charge is 0.410 e. The maximum absolute atomic E-state index is 12.8. The van der Waals surface area contributed by atoms with Gasteiger partial charge in [0.2, 0.25) is 0 Å². The van der Waals surface area contributed by atoms with Crippen LogP contribution in [0.1, 0.15) is 65.5 Å². The third-order valence-electron chi connectivity index (χ3n) is 4.74. The summed E-state index contributed by atoms with van der Waals surface area (Å²) in [5.74, 6) is 1.05. The second-order valence-corrected chi connectivity index (χ2v) is 7.67. The molecule has 128 valence electrons. The number of nitrogens with zero attached hydrogens (tertiary/aromatic N) is 1. The summed E-state index contributed by atoms with van der Waals surface area (Å²) in [5.41, 5.74) is 0.763. The molecule has 0 N–H and O–H groups in total. The van der Waals surface area contributed by atoms with Crippen molar-refractivity contribution in [1.29, 1.82) is 0 Å². The minimum Gasteiger partial charge on any atom is -0.444 e. The molecule has 1 saturated heterocycles. The van der Waals surface area contributed by atoms with Gasteiger partial charge in [0, 0.05) is 6.54 Å². The van der Waals surface area contributed by atoms with Gasteiger partial charge in [0.25, 0.3) is 0 Å². The molecule has 0 aliphatic carbocycles. The molecule has 1 aromatic carbocycles. The fourth-order valence-corrected chi connectivity index (χ4v) is 3.57. The fourth-order valence-electron chi connectivity index (χ4n) is 3.57. The number of benzene rings is 1. The van der Waals surface area contributed by atoms with E-state index in [4.69, 9.17) is 4.74 Å². The van der Waals surface area contributed by atoms with Crippen LogP contribution in [0.25, 0.3) is 0 Å². The van der Waals surface area contributed by atoms with Gasteiger partial charge in [-0.2, -0.15) is 0 Å². The minimum absolute atomic E-state index is 0.124. The first-order chi connectivity index (χ1) is 10.9. The lowest BCUT2D eigenvalue weighted by Crippen LogP contribution is -2.48. The van der Waals surface area contributed by atoms with Crippen LogP contribution in [0.5, 0.6) is 0 Å². The first-order valence-electron chi connectivity index (χ1n) is 8.90. The van der Waals surface area contributed by atoms with E-state index in [9.17, 15) is 4.79 Å². The van der Waals surface area contributed by atoms with Gasteiger partial charge in [-0.15, -0.1) is 0 Å². The topological polar surface area (TPSA) is 29.5 Å². The quantitative estimate of drug-likeness (QED) is 0.745. The van der Waals surface area contributed by atoms with Crippen LogP contribution in [0.15, 0.2) is 30.3 Å². The summed E-state index contributed by atoms with van der Waals surface area (Å²) < 4.78 is 5.70. The molecule has 0 radical (unpaired) electrons. The van der Waals surface area contributed by atoms with Crippen LogP contribution in [0.3, 0.4) is 0 Å². The predicted molar refractivity (Wildman–Crippen MR) is 94.3 cm³/mol. The molecule has 3 atom stereocenters. The molecule has 1 aliphatic heterocycles. The number of carbonyl (C=O) groups excluding carboxylic acids is 1. The molecule has 0 saturated carbocycles. The van der Waals surface area contributed by atoms with Gasteiger partial charge in [0.1, 0.15) is 5.60 Å². The maximum Gasteiger partial charge on any atom is 0.410 e. The molecule has 3 nitrogen and oxygen atoms in total. The zero-order valence-electron chi connectivity index (χ0n) is 15.2. The zero-order chi connectivity index (χ0) is 17.0. The largest absolute Gasteiger partial charge is 0.444 e. The van der Waals surface area contributed by atoms with Crippen molar-refractivity contribution in [2.24, 2.45) is 11.8 Å². The van der Waals surface area contributed by atoms with Gasteiger partial charge in [-0.3, -0.25) is 0 Å². The molecule has 0 bridgehead atoms. The van der Waals surface area contributed by atoms with Crippen molar-refractivity contribution >= 4 is 6.09 Å². The Labute approximate surface area is 141 Å². The summed E-state index contributed by atoms with van der Waals surface area (Å²) >= 11 is 0. The Bertz CT molecular complexity index is 506. The normalized spacial score (nSPS) is 25.3. The molecule has 3 heteroatoms. The van der Waals surface area contributed by atoms with E-state index in [1.165, 1.54) is 12.0 Å². The van der Waals surface area contributed by atoms with Gasteiger partial charge in [-0.25, -0.2) is 4.79 Å². The number of amides is 1. The van der Waals surface area contributed by atoms with E-state index in [1.54, 1.807) is 0 Å². The molecular weight excluding hydrogens is 286 g/mol. The Balaban J connectivity index is 2.33. The molecule has 1 aliphatic rings. The van der Waals surface area contributed by atoms with Gasteiger partial charge >= 0.3 is 6.09 Å². The molecule has 0 spiro atoms. The highest BCUT2D eigenvalue weighted by Gasteiger charge is 2.39. The molecule has 0 aromatic heterocycles. The molecular formula is C20H31NO2. The number of piperidine rings is 1. The Morgan fingerprint density at radius 1 is 1.17 bits per heavy atom. The number of rotatable bonds is 3. The second-order valence-electron chi connectivity index (χ2n) is 7.67. The zero-order valence-corrected chi connectivity index (χ0v) is 15.2. The van der Waals surface area contributed by atoms with E-state index in [1.807, 2.05) is 31.7 Å². The van der Waals surface area contributed by atoms with Crippen LogP contribution in [-0.2, 0) is 4.74 Å². The van der Waals surface area contributed by atoms with Crippen LogP contribution in [0, 0.1) is 11.8 Å². The van der Waals surface area contributed by atoms with E-state index in [-0.39, 0.29) is 12.1 Å². The molecule has 2 rings (SSSR count). The van der Waals surface area contributed by atoms with E-state index >= 15 is 0 Å². The highest BCUT2D eigenvalue weighted by molar-refractivity contribution is 5.69. The molecule has 23 heavy (non-hydrogen) atoms. The minimum atomic E-state index is -0.459. The van der Waals surface area contributed by atoms with Crippen molar-refractivity contribution in [2.45, 2.75) is 65.5 Å². The van der Waals surface area contributed by atoms with Crippen LogP contribution < -0.4 is 0 Å². The average molecular weight is 317 g/mol. The second kappa shape index (κ2) is 7.37. The third kappa shape index (κ3) is 4.49. The van der Waals surface area contributed by atoms with E-state index in [0.717, 1.165) is 19.4 Å². The Kier molecular flexibility index (Phi) is 5.72. The summed E-state index contributed by atoms with van der Waals surface area (Å²) in [6.45, 7) is 11.0. The predicted octanol–water partition coefficient (Wildman–Crippen LogP) is 5.42. The lowest BCUT2D eigenvalue weighted by atomic mass is 9.78. The lowest BCUT2D eigenvalue weighted by molar-refractivity contribution is -0.0118. The Morgan fingerprint density at radius 3 is 2.35 bits per heavy atom. The summed E-state index contributed by atoms with van der Waals surface area (Å²) in [7, 11) is 0. The number of likely N-dealkylation sites (tertiary alicyclic amines) is 1. The van der Waals surface area contributed by atoms with Crippen molar-refractivity contribution < 1.29 is 9.53 Å². The van der Waals surface area contributed by atoms with Crippen molar-refractivity contribution in [3.63, 3.8) is 0 Å². The van der Waals surface area contributed by atoms with Gasteiger partial charge in [-0.1, -0.05) is 57.0 Å². The summed E-state index contributed by atoms with van der Waals surface area (Å²) in [6, 6.07) is 10.5. The number of carbonyl (C=O) groups is 1. The summed E-state index contributed by atoms with van der Waals surface area (Å²) in [4.78, 5) is 14.8. The first-order valence-corrected chi connectivity index (χ1v) is 8.90. The van der Waals surface area contributed by atoms with Crippen molar-refractivity contribution in [3.8, 4) is 0 Å². The Morgan fingerprint density at radius 2 is 1.83 bits per heavy atom. The fraction of sp³-hybridized carbons (Fsp3) is 0.650. The van der Waals surface area contributed by atoms with Crippen molar-refractivity contribution in [3.05, 3.63) is 35.9 Å². The SMILES string of the molecule is CC[C@@H]1C[C@@H](CC)[C@@H](c2ccccc2)N(C(=O)OC(C)(C)C)C1. The first kappa shape index (κ1) is 17.8. The third-order valence-corrected chi connectivity index (χ3v) is 4.74. The number of hydrogen-bond donors (Lipinski definition) is 0. The van der Waals surface area contributed by atoms with Gasteiger partial charge in [-0.05, 0) is 44.6 Å². The maximum atomic E-state index is 12.8. The summed E-state index contributed by atoms with van der Waals surface area (Å²) in [6.07, 6.45) is 3.20. The molecule has 1 heterocycles. The highest BCUT2D eigenvalue weighted by Crippen LogP contribution is 2.41. The number of ether oxygens (including phenoxy) is 1. The van der Waals surface area contributed by atoms with Crippen LogP contribution in [-0.4, -0.2) is 23.1 Å². The highest BCUT2D eigenvalue weighted by atomic mass is 16.6. The Hall–Kier alpha value is -1.51. The average Bonchev–Trinajstić information content (AvgIpc) is 2.52. The molecule has 1 amide bonds. The summed E-state index contributed by atoms with van der Waals surface area (Å²) in [5, 5.41) is 0. The number of hydrogen-bond acceptors (Lipinski definition) is 2. The standard InChI is InChI=1S/C20H31NO2/c1-6-15-13-16(7-2)18(17-11-9-8-10-12-17)21(14-15)19(22)23-20(3,4)5/h8-12,15-16,18H,6-7,13-14H2,1-5H3/t15-,16-,18+/m1/s1. The van der Waals surface area contributed by atoms with Gasteiger partial charge < -0.3 is 9.64 Å². The van der Waals surface area contributed by atoms with E-state index in [0.29, 0.717) is 11.8 Å². The molecule has 1 fully saturated rings. The molecule has 0 unspecified atom stereocenters. The van der Waals surface area contributed by atoms with Gasteiger partial charge in [0.15, 0.2) is 0 Å². The van der Waals surface area contributed by atoms with Crippen LogP contribution >= 0.6 is 0 Å². The van der Waals surface area contributed by atoms with Crippen LogP contribution in [0.4, 0.5) is 4.79 Å². The van der Waals surface area contributed by atoms with Gasteiger partial charge in [0.05, 0.1) is 6.04 Å². The lowest BCUT2D eigenvalue weighted by Gasteiger charge is -2.45. The van der Waals surface area contributed by atoms with E-state index in [2.05, 4.69) is 38.1 Å². The van der Waals surface area contributed by atoms with E-state index < -0.39 is 5.60 Å².